The van der Waals surface area contributed by atoms with Gasteiger partial charge in [-0.15, -0.1) is 0 Å². The number of hydrogen-bond donors (Lipinski definition) is 1. The van der Waals surface area contributed by atoms with Gasteiger partial charge in [0.05, 0.1) is 17.8 Å². The van der Waals surface area contributed by atoms with Crippen LogP contribution in [-0.2, 0) is 4.74 Å². The van der Waals surface area contributed by atoms with Crippen molar-refractivity contribution in [2.45, 2.75) is 33.0 Å². The van der Waals surface area contributed by atoms with E-state index in [1.807, 2.05) is 20.8 Å². The van der Waals surface area contributed by atoms with Gasteiger partial charge in [0.1, 0.15) is 12.4 Å². The van der Waals surface area contributed by atoms with E-state index in [0.717, 1.165) is 0 Å². The average molecular weight is 380 g/mol. The zero-order valence-corrected chi connectivity index (χ0v) is 15.4. The predicted molar refractivity (Wildman–Crippen MR) is 96.5 cm³/mol. The van der Waals surface area contributed by atoms with Crippen molar-refractivity contribution in [3.05, 3.63) is 48.2 Å². The van der Waals surface area contributed by atoms with E-state index in [4.69, 9.17) is 9.47 Å². The number of rotatable bonds is 8. The Morgan fingerprint density at radius 1 is 1.19 bits per heavy atom. The van der Waals surface area contributed by atoms with E-state index in [0.29, 0.717) is 30.3 Å². The fraction of sp³-hybridized carbons (Fsp3) is 0.368. The Morgan fingerprint density at radius 3 is 2.59 bits per heavy atom. The standard InChI is InChI=1S/C19H22F2N2O4/c1-19(2,3)26-10-9-25-16-8-7-13(12-22-16)17(24)23-14-5-4-6-15(11-14)27-18(20)21/h4-8,11-12,18H,9-10H2,1-3H3,(H,23,24). The molecule has 0 aliphatic rings. The number of ether oxygens (including phenoxy) is 3. The maximum absolute atomic E-state index is 12.2. The molecule has 1 aromatic carbocycles. The van der Waals surface area contributed by atoms with Crippen LogP contribution in [0.15, 0.2) is 42.6 Å². The number of nitrogens with one attached hydrogen (secondary N) is 1. The fourth-order valence-electron chi connectivity index (χ4n) is 2.05. The van der Waals surface area contributed by atoms with E-state index in [1.54, 1.807) is 18.2 Å². The Kier molecular flexibility index (Phi) is 7.06. The molecule has 0 bridgehead atoms. The van der Waals surface area contributed by atoms with Crippen LogP contribution in [0.3, 0.4) is 0 Å². The molecule has 1 aromatic heterocycles. The average Bonchev–Trinajstić information content (AvgIpc) is 2.58. The first-order valence-corrected chi connectivity index (χ1v) is 8.32. The van der Waals surface area contributed by atoms with Gasteiger partial charge in [-0.3, -0.25) is 4.79 Å². The maximum atomic E-state index is 12.2. The van der Waals surface area contributed by atoms with Crippen molar-refractivity contribution in [1.29, 1.82) is 0 Å². The summed E-state index contributed by atoms with van der Waals surface area (Å²) < 4.78 is 39.8. The lowest BCUT2D eigenvalue weighted by atomic mass is 10.2. The molecule has 2 rings (SSSR count). The van der Waals surface area contributed by atoms with Crippen LogP contribution in [0.1, 0.15) is 31.1 Å². The topological polar surface area (TPSA) is 69.7 Å². The molecule has 0 radical (unpaired) electrons. The van der Waals surface area contributed by atoms with Gasteiger partial charge >= 0.3 is 6.61 Å². The fourth-order valence-corrected chi connectivity index (χ4v) is 2.05. The molecule has 0 atom stereocenters. The lowest BCUT2D eigenvalue weighted by Gasteiger charge is -2.19. The quantitative estimate of drug-likeness (QED) is 0.698. The summed E-state index contributed by atoms with van der Waals surface area (Å²) in [6.07, 6.45) is 1.37. The Labute approximate surface area is 156 Å². The van der Waals surface area contributed by atoms with E-state index >= 15 is 0 Å². The molecule has 0 spiro atoms. The molecule has 6 nitrogen and oxygen atoms in total. The van der Waals surface area contributed by atoms with Crippen LogP contribution < -0.4 is 14.8 Å². The van der Waals surface area contributed by atoms with Crippen molar-refractivity contribution in [3.8, 4) is 11.6 Å². The lowest BCUT2D eigenvalue weighted by molar-refractivity contribution is -0.0498. The second-order valence-corrected chi connectivity index (χ2v) is 6.55. The molecule has 27 heavy (non-hydrogen) atoms. The summed E-state index contributed by atoms with van der Waals surface area (Å²) in [7, 11) is 0. The summed E-state index contributed by atoms with van der Waals surface area (Å²) in [5.74, 6) is -0.0992. The number of pyridine rings is 1. The van der Waals surface area contributed by atoms with Gasteiger partial charge in [-0.1, -0.05) is 6.07 Å². The summed E-state index contributed by atoms with van der Waals surface area (Å²) >= 11 is 0. The zero-order chi connectivity index (χ0) is 19.9. The van der Waals surface area contributed by atoms with Crippen molar-refractivity contribution < 1.29 is 27.8 Å². The summed E-state index contributed by atoms with van der Waals surface area (Å²) in [4.78, 5) is 16.3. The van der Waals surface area contributed by atoms with E-state index in [2.05, 4.69) is 15.0 Å². The Balaban J connectivity index is 1.88. The number of nitrogens with zero attached hydrogens (tertiary/aromatic N) is 1. The number of benzene rings is 1. The van der Waals surface area contributed by atoms with Crippen LogP contribution in [0.5, 0.6) is 11.6 Å². The molecule has 0 saturated carbocycles. The minimum Gasteiger partial charge on any atom is -0.475 e. The molecular formula is C19H22F2N2O4. The Bertz CT molecular complexity index is 746. The number of alkyl halides is 2. The largest absolute Gasteiger partial charge is 0.475 e. The second-order valence-electron chi connectivity index (χ2n) is 6.55. The van der Waals surface area contributed by atoms with Crippen LogP contribution >= 0.6 is 0 Å². The molecule has 0 saturated heterocycles. The summed E-state index contributed by atoms with van der Waals surface area (Å²) in [5, 5.41) is 2.60. The molecule has 0 fully saturated rings. The number of anilines is 1. The third kappa shape index (κ3) is 7.57. The Hall–Kier alpha value is -2.74. The molecule has 146 valence electrons. The molecule has 1 N–H and O–H groups in total. The second kappa shape index (κ2) is 9.27. The van der Waals surface area contributed by atoms with Crippen LogP contribution in [0.4, 0.5) is 14.5 Å². The number of amides is 1. The van der Waals surface area contributed by atoms with Crippen LogP contribution in [-0.4, -0.2) is 36.3 Å². The van der Waals surface area contributed by atoms with Gasteiger partial charge < -0.3 is 19.5 Å². The molecular weight excluding hydrogens is 358 g/mol. The molecule has 2 aromatic rings. The van der Waals surface area contributed by atoms with Gasteiger partial charge in [0.25, 0.3) is 5.91 Å². The first-order valence-electron chi connectivity index (χ1n) is 8.32. The van der Waals surface area contributed by atoms with Crippen LogP contribution in [0, 0.1) is 0 Å². The van der Waals surface area contributed by atoms with E-state index < -0.39 is 12.5 Å². The minimum atomic E-state index is -2.93. The van der Waals surface area contributed by atoms with Gasteiger partial charge in [-0.05, 0) is 39.0 Å². The highest BCUT2D eigenvalue weighted by Crippen LogP contribution is 2.20. The van der Waals surface area contributed by atoms with Crippen molar-refractivity contribution in [2.24, 2.45) is 0 Å². The molecule has 0 unspecified atom stereocenters. The summed E-state index contributed by atoms with van der Waals surface area (Å²) in [5.41, 5.74) is 0.391. The Morgan fingerprint density at radius 2 is 1.96 bits per heavy atom. The van der Waals surface area contributed by atoms with E-state index in [1.165, 1.54) is 24.4 Å². The van der Waals surface area contributed by atoms with E-state index in [-0.39, 0.29) is 11.4 Å². The summed E-state index contributed by atoms with van der Waals surface area (Å²) in [6.45, 7) is 3.69. The molecule has 0 aliphatic carbocycles. The number of aromatic nitrogens is 1. The SMILES string of the molecule is CC(C)(C)OCCOc1ccc(C(=O)Nc2cccc(OC(F)F)c2)cn1. The molecule has 0 aliphatic heterocycles. The number of carbonyl (C=O) groups excluding carboxylic acids is 1. The third-order valence-corrected chi connectivity index (χ3v) is 3.18. The molecule has 1 amide bonds. The number of carbonyl (C=O) groups is 1. The van der Waals surface area contributed by atoms with Crippen molar-refractivity contribution in [2.75, 3.05) is 18.5 Å². The normalized spacial score (nSPS) is 11.3. The van der Waals surface area contributed by atoms with Crippen molar-refractivity contribution in [1.82, 2.24) is 4.98 Å². The summed E-state index contributed by atoms with van der Waals surface area (Å²) in [6, 6.07) is 8.88. The van der Waals surface area contributed by atoms with Crippen LogP contribution in [0.25, 0.3) is 0 Å². The molecule has 8 heteroatoms. The van der Waals surface area contributed by atoms with Crippen molar-refractivity contribution >= 4 is 11.6 Å². The monoisotopic (exact) mass is 380 g/mol. The maximum Gasteiger partial charge on any atom is 0.387 e. The van der Waals surface area contributed by atoms with E-state index in [9.17, 15) is 13.6 Å². The minimum absolute atomic E-state index is 0.0397. The highest BCUT2D eigenvalue weighted by molar-refractivity contribution is 6.04. The van der Waals surface area contributed by atoms with Crippen LogP contribution in [0.2, 0.25) is 0 Å². The predicted octanol–water partition coefficient (Wildman–Crippen LogP) is 4.13. The first-order chi connectivity index (χ1) is 12.7. The zero-order valence-electron chi connectivity index (χ0n) is 15.4. The number of hydrogen-bond acceptors (Lipinski definition) is 5. The molecule has 1 heterocycles. The highest BCUT2D eigenvalue weighted by atomic mass is 19.3. The van der Waals surface area contributed by atoms with Gasteiger partial charge in [-0.25, -0.2) is 4.98 Å². The lowest BCUT2D eigenvalue weighted by Crippen LogP contribution is -2.22. The highest BCUT2D eigenvalue weighted by Gasteiger charge is 2.11. The third-order valence-electron chi connectivity index (χ3n) is 3.18. The van der Waals surface area contributed by atoms with Gasteiger partial charge in [0.15, 0.2) is 0 Å². The van der Waals surface area contributed by atoms with Gasteiger partial charge in [0.2, 0.25) is 5.88 Å². The first kappa shape index (κ1) is 20.6. The smallest absolute Gasteiger partial charge is 0.387 e. The van der Waals surface area contributed by atoms with Gasteiger partial charge in [-0.2, -0.15) is 8.78 Å². The van der Waals surface area contributed by atoms with Gasteiger partial charge in [0, 0.05) is 24.0 Å². The van der Waals surface area contributed by atoms with Crippen molar-refractivity contribution in [3.63, 3.8) is 0 Å². The number of halogens is 2.